The number of halogens is 1. The molecular formula is C13H18FNO. The van der Waals surface area contributed by atoms with Crippen LogP contribution >= 0.6 is 0 Å². The third kappa shape index (κ3) is 2.05. The van der Waals surface area contributed by atoms with Crippen LogP contribution in [0.15, 0.2) is 18.2 Å². The van der Waals surface area contributed by atoms with E-state index in [0.717, 1.165) is 18.4 Å². The molecule has 0 saturated heterocycles. The maximum absolute atomic E-state index is 13.9. The molecule has 3 heteroatoms. The highest BCUT2D eigenvalue weighted by molar-refractivity contribution is 5.32. The smallest absolute Gasteiger partial charge is 0.130 e. The first-order valence-corrected chi connectivity index (χ1v) is 5.77. The maximum atomic E-state index is 13.9. The van der Waals surface area contributed by atoms with Gasteiger partial charge in [0.2, 0.25) is 0 Å². The molecule has 2 rings (SSSR count). The van der Waals surface area contributed by atoms with E-state index in [2.05, 4.69) is 5.32 Å². The zero-order valence-corrected chi connectivity index (χ0v) is 9.79. The molecule has 0 aromatic heterocycles. The third-order valence-electron chi connectivity index (χ3n) is 3.49. The largest absolute Gasteiger partial charge is 0.497 e. The van der Waals surface area contributed by atoms with E-state index in [1.807, 2.05) is 19.2 Å². The van der Waals surface area contributed by atoms with Gasteiger partial charge in [0.25, 0.3) is 0 Å². The van der Waals surface area contributed by atoms with Gasteiger partial charge in [-0.1, -0.05) is 12.5 Å². The monoisotopic (exact) mass is 223 g/mol. The minimum Gasteiger partial charge on any atom is -0.497 e. The molecule has 1 aromatic rings. The Balaban J connectivity index is 2.26. The highest BCUT2D eigenvalue weighted by atomic mass is 19.1. The Hall–Kier alpha value is -1.09. The average Bonchev–Trinajstić information content (AvgIpc) is 2.76. The van der Waals surface area contributed by atoms with Crippen LogP contribution in [0, 0.1) is 5.82 Å². The van der Waals surface area contributed by atoms with Crippen LogP contribution in [0.5, 0.6) is 5.75 Å². The first-order valence-electron chi connectivity index (χ1n) is 5.77. The van der Waals surface area contributed by atoms with Gasteiger partial charge in [0.15, 0.2) is 0 Å². The molecule has 16 heavy (non-hydrogen) atoms. The molecular weight excluding hydrogens is 205 g/mol. The van der Waals surface area contributed by atoms with Crippen molar-refractivity contribution in [2.45, 2.75) is 31.2 Å². The Morgan fingerprint density at radius 2 is 2.19 bits per heavy atom. The second kappa shape index (κ2) is 4.83. The fraction of sp³-hybridized carbons (Fsp3) is 0.538. The third-order valence-corrected chi connectivity index (χ3v) is 3.49. The van der Waals surface area contributed by atoms with Crippen molar-refractivity contribution in [3.8, 4) is 5.75 Å². The van der Waals surface area contributed by atoms with Gasteiger partial charge in [0.05, 0.1) is 7.11 Å². The van der Waals surface area contributed by atoms with Crippen LogP contribution in [-0.4, -0.2) is 20.2 Å². The predicted molar refractivity (Wildman–Crippen MR) is 62.4 cm³/mol. The molecule has 1 aliphatic rings. The van der Waals surface area contributed by atoms with Crippen molar-refractivity contribution in [3.05, 3.63) is 29.6 Å². The average molecular weight is 223 g/mol. The molecule has 0 bridgehead atoms. The quantitative estimate of drug-likeness (QED) is 0.850. The van der Waals surface area contributed by atoms with E-state index in [4.69, 9.17) is 4.74 Å². The first kappa shape index (κ1) is 11.4. The number of hydrogen-bond acceptors (Lipinski definition) is 2. The molecule has 2 unspecified atom stereocenters. The standard InChI is InChI=1S/C13H18FNO/c1-15-13-5-3-4-11(13)10-7-6-9(16-2)8-12(10)14/h6-8,11,13,15H,3-5H2,1-2H3. The lowest BCUT2D eigenvalue weighted by atomic mass is 9.93. The van der Waals surface area contributed by atoms with Gasteiger partial charge in [-0.3, -0.25) is 0 Å². The molecule has 0 amide bonds. The van der Waals surface area contributed by atoms with Gasteiger partial charge < -0.3 is 10.1 Å². The Kier molecular flexibility index (Phi) is 3.44. The summed E-state index contributed by atoms with van der Waals surface area (Å²) >= 11 is 0. The number of nitrogens with one attached hydrogen (secondary N) is 1. The Bertz CT molecular complexity index is 367. The summed E-state index contributed by atoms with van der Waals surface area (Å²) in [6, 6.07) is 5.57. The summed E-state index contributed by atoms with van der Waals surface area (Å²) in [5.74, 6) is 0.739. The lowest BCUT2D eigenvalue weighted by molar-refractivity contribution is 0.409. The number of hydrogen-bond donors (Lipinski definition) is 1. The van der Waals surface area contributed by atoms with Crippen LogP contribution in [0.25, 0.3) is 0 Å². The molecule has 88 valence electrons. The van der Waals surface area contributed by atoms with Crippen molar-refractivity contribution in [2.75, 3.05) is 14.2 Å². The summed E-state index contributed by atoms with van der Waals surface area (Å²) < 4.78 is 18.9. The highest BCUT2D eigenvalue weighted by Crippen LogP contribution is 2.36. The summed E-state index contributed by atoms with van der Waals surface area (Å²) in [5, 5.41) is 3.27. The molecule has 1 aromatic carbocycles. The highest BCUT2D eigenvalue weighted by Gasteiger charge is 2.29. The molecule has 1 fully saturated rings. The molecule has 0 spiro atoms. The topological polar surface area (TPSA) is 21.3 Å². The molecule has 1 saturated carbocycles. The van der Waals surface area contributed by atoms with Gasteiger partial charge >= 0.3 is 0 Å². The van der Waals surface area contributed by atoms with Crippen molar-refractivity contribution in [3.63, 3.8) is 0 Å². The zero-order valence-electron chi connectivity index (χ0n) is 9.79. The minimum atomic E-state index is -0.147. The second-order valence-corrected chi connectivity index (χ2v) is 4.32. The van der Waals surface area contributed by atoms with Gasteiger partial charge in [-0.15, -0.1) is 0 Å². The van der Waals surface area contributed by atoms with E-state index in [0.29, 0.717) is 17.7 Å². The molecule has 0 aliphatic heterocycles. The lowest BCUT2D eigenvalue weighted by Crippen LogP contribution is -2.27. The molecule has 1 N–H and O–H groups in total. The van der Waals surface area contributed by atoms with Crippen LogP contribution < -0.4 is 10.1 Å². The van der Waals surface area contributed by atoms with Crippen LogP contribution in [0.2, 0.25) is 0 Å². The van der Waals surface area contributed by atoms with E-state index in [1.54, 1.807) is 7.11 Å². The van der Waals surface area contributed by atoms with E-state index in [-0.39, 0.29) is 5.82 Å². The fourth-order valence-corrected chi connectivity index (χ4v) is 2.61. The van der Waals surface area contributed by atoms with Gasteiger partial charge in [0, 0.05) is 18.0 Å². The van der Waals surface area contributed by atoms with Crippen LogP contribution in [0.3, 0.4) is 0 Å². The van der Waals surface area contributed by atoms with Gasteiger partial charge in [-0.25, -0.2) is 4.39 Å². The summed E-state index contributed by atoms with van der Waals surface area (Å²) in [7, 11) is 3.50. The number of likely N-dealkylation sites (N-methyl/N-ethyl adjacent to an activating group) is 1. The van der Waals surface area contributed by atoms with E-state index < -0.39 is 0 Å². The predicted octanol–water partition coefficient (Wildman–Crippen LogP) is 2.69. The normalized spacial score (nSPS) is 24.7. The molecule has 0 heterocycles. The van der Waals surface area contributed by atoms with Crippen molar-refractivity contribution in [1.82, 2.24) is 5.32 Å². The number of ether oxygens (including phenoxy) is 1. The van der Waals surface area contributed by atoms with Crippen molar-refractivity contribution in [2.24, 2.45) is 0 Å². The van der Waals surface area contributed by atoms with Crippen LogP contribution in [0.1, 0.15) is 30.7 Å². The second-order valence-electron chi connectivity index (χ2n) is 4.32. The molecule has 0 radical (unpaired) electrons. The summed E-state index contributed by atoms with van der Waals surface area (Å²) in [6.07, 6.45) is 3.36. The van der Waals surface area contributed by atoms with Crippen LogP contribution in [0.4, 0.5) is 4.39 Å². The fourth-order valence-electron chi connectivity index (χ4n) is 2.61. The molecule has 2 atom stereocenters. The molecule has 2 nitrogen and oxygen atoms in total. The summed E-state index contributed by atoms with van der Waals surface area (Å²) in [6.45, 7) is 0. The Morgan fingerprint density at radius 3 is 2.81 bits per heavy atom. The lowest BCUT2D eigenvalue weighted by Gasteiger charge is -2.20. The van der Waals surface area contributed by atoms with Crippen molar-refractivity contribution in [1.29, 1.82) is 0 Å². The SMILES string of the molecule is CNC1CCCC1c1ccc(OC)cc1F. The number of benzene rings is 1. The van der Waals surface area contributed by atoms with E-state index in [1.165, 1.54) is 12.5 Å². The number of rotatable bonds is 3. The minimum absolute atomic E-state index is 0.147. The first-order chi connectivity index (χ1) is 7.76. The van der Waals surface area contributed by atoms with Crippen LogP contribution in [-0.2, 0) is 0 Å². The zero-order chi connectivity index (χ0) is 11.5. The maximum Gasteiger partial charge on any atom is 0.130 e. The van der Waals surface area contributed by atoms with E-state index in [9.17, 15) is 4.39 Å². The Labute approximate surface area is 95.8 Å². The van der Waals surface area contributed by atoms with Crippen molar-refractivity contribution >= 4 is 0 Å². The summed E-state index contributed by atoms with van der Waals surface area (Å²) in [5.41, 5.74) is 0.817. The van der Waals surface area contributed by atoms with Crippen molar-refractivity contribution < 1.29 is 9.13 Å². The van der Waals surface area contributed by atoms with Gasteiger partial charge in [-0.2, -0.15) is 0 Å². The number of methoxy groups -OCH3 is 1. The summed E-state index contributed by atoms with van der Waals surface area (Å²) in [4.78, 5) is 0. The van der Waals surface area contributed by atoms with Gasteiger partial charge in [0.1, 0.15) is 11.6 Å². The van der Waals surface area contributed by atoms with Gasteiger partial charge in [-0.05, 0) is 31.5 Å². The Morgan fingerprint density at radius 1 is 1.38 bits per heavy atom. The molecule has 1 aliphatic carbocycles. The van der Waals surface area contributed by atoms with E-state index >= 15 is 0 Å².